The molecule has 0 amide bonds. The summed E-state index contributed by atoms with van der Waals surface area (Å²) in [6.07, 6.45) is 2.95. The summed E-state index contributed by atoms with van der Waals surface area (Å²) in [5, 5.41) is 8.88. The molecule has 2 aromatic rings. The number of carbonyl (C=O) groups is 1. The molecule has 0 aliphatic rings. The number of aromatic carboxylic acids is 1. The molecule has 1 aromatic carbocycles. The van der Waals surface area contributed by atoms with Gasteiger partial charge >= 0.3 is 5.97 Å². The van der Waals surface area contributed by atoms with Crippen LogP contribution < -0.4 is 4.72 Å². The van der Waals surface area contributed by atoms with E-state index in [0.717, 1.165) is 11.6 Å². The highest BCUT2D eigenvalue weighted by atomic mass is 32.2. The topological polar surface area (TPSA) is 96.4 Å². The van der Waals surface area contributed by atoms with Crippen LogP contribution in [-0.4, -0.2) is 24.5 Å². The van der Waals surface area contributed by atoms with Gasteiger partial charge in [-0.1, -0.05) is 6.07 Å². The fraction of sp³-hybridized carbons (Fsp3) is 0.0769. The molecule has 0 saturated carbocycles. The first-order valence-electron chi connectivity index (χ1n) is 5.67. The molecule has 0 unspecified atom stereocenters. The molecule has 0 saturated heterocycles. The van der Waals surface area contributed by atoms with Gasteiger partial charge in [-0.15, -0.1) is 0 Å². The Morgan fingerprint density at radius 1 is 1.30 bits per heavy atom. The average Bonchev–Trinajstić information content (AvgIpc) is 2.41. The van der Waals surface area contributed by atoms with Crippen molar-refractivity contribution in [1.29, 1.82) is 0 Å². The summed E-state index contributed by atoms with van der Waals surface area (Å²) < 4.78 is 26.8. The highest BCUT2D eigenvalue weighted by Crippen LogP contribution is 2.19. The van der Waals surface area contributed by atoms with Crippen LogP contribution in [0.15, 0.2) is 47.6 Å². The number of nitrogens with zero attached hydrogens (tertiary/aromatic N) is 1. The standard InChI is InChI=1S/C13H12N2O4S/c1-9-5-6-14-8-12(9)15-20(18,19)11-4-2-3-10(7-11)13(16)17/h2-8,15H,1H3,(H,16,17). The number of hydrogen-bond acceptors (Lipinski definition) is 4. The number of anilines is 1. The van der Waals surface area contributed by atoms with Gasteiger partial charge in [-0.25, -0.2) is 13.2 Å². The lowest BCUT2D eigenvalue weighted by atomic mass is 10.2. The first kappa shape index (κ1) is 14.0. The molecule has 6 nitrogen and oxygen atoms in total. The summed E-state index contributed by atoms with van der Waals surface area (Å²) >= 11 is 0. The molecule has 0 aliphatic heterocycles. The monoisotopic (exact) mass is 292 g/mol. The van der Waals surface area contributed by atoms with Crippen LogP contribution in [0.25, 0.3) is 0 Å². The van der Waals surface area contributed by atoms with E-state index in [1.165, 1.54) is 24.4 Å². The molecule has 7 heteroatoms. The molecule has 0 bridgehead atoms. The molecular formula is C13H12N2O4S. The van der Waals surface area contributed by atoms with Gasteiger partial charge in [0.25, 0.3) is 10.0 Å². The summed E-state index contributed by atoms with van der Waals surface area (Å²) in [4.78, 5) is 14.6. The highest BCUT2D eigenvalue weighted by molar-refractivity contribution is 7.92. The number of nitrogens with one attached hydrogen (secondary N) is 1. The van der Waals surface area contributed by atoms with Gasteiger partial charge < -0.3 is 5.11 Å². The van der Waals surface area contributed by atoms with Crippen molar-refractivity contribution in [3.63, 3.8) is 0 Å². The first-order valence-corrected chi connectivity index (χ1v) is 7.15. The Kier molecular flexibility index (Phi) is 3.71. The van der Waals surface area contributed by atoms with Crippen molar-refractivity contribution in [2.45, 2.75) is 11.8 Å². The maximum Gasteiger partial charge on any atom is 0.335 e. The van der Waals surface area contributed by atoms with Gasteiger partial charge in [0.05, 0.1) is 22.3 Å². The number of pyridine rings is 1. The lowest BCUT2D eigenvalue weighted by molar-refractivity contribution is 0.0696. The van der Waals surface area contributed by atoms with Crippen LogP contribution in [0.2, 0.25) is 0 Å². The number of aromatic nitrogens is 1. The second kappa shape index (κ2) is 5.30. The van der Waals surface area contributed by atoms with Crippen molar-refractivity contribution in [2.75, 3.05) is 4.72 Å². The van der Waals surface area contributed by atoms with Crippen LogP contribution in [0.4, 0.5) is 5.69 Å². The Balaban J connectivity index is 2.38. The Hall–Kier alpha value is -2.41. The quantitative estimate of drug-likeness (QED) is 0.897. The first-order chi connectivity index (χ1) is 9.40. The second-order valence-corrected chi connectivity index (χ2v) is 5.81. The van der Waals surface area contributed by atoms with Crippen LogP contribution in [0.3, 0.4) is 0 Å². The predicted molar refractivity (Wildman–Crippen MR) is 73.2 cm³/mol. The Morgan fingerprint density at radius 3 is 2.70 bits per heavy atom. The maximum atomic E-state index is 12.2. The average molecular weight is 292 g/mol. The highest BCUT2D eigenvalue weighted by Gasteiger charge is 2.17. The third-order valence-corrected chi connectivity index (χ3v) is 4.04. The lowest BCUT2D eigenvalue weighted by Gasteiger charge is -2.10. The van der Waals surface area contributed by atoms with Crippen molar-refractivity contribution in [2.24, 2.45) is 0 Å². The fourth-order valence-corrected chi connectivity index (χ4v) is 2.73. The minimum absolute atomic E-state index is 0.0872. The van der Waals surface area contributed by atoms with E-state index in [1.54, 1.807) is 19.2 Å². The third-order valence-electron chi connectivity index (χ3n) is 2.67. The number of aryl methyl sites for hydroxylation is 1. The van der Waals surface area contributed by atoms with Gasteiger partial charge in [0.2, 0.25) is 0 Å². The van der Waals surface area contributed by atoms with Gasteiger partial charge in [0.15, 0.2) is 0 Å². The zero-order valence-corrected chi connectivity index (χ0v) is 11.4. The normalized spacial score (nSPS) is 11.1. The van der Waals surface area contributed by atoms with Crippen molar-refractivity contribution in [3.05, 3.63) is 53.9 Å². The summed E-state index contributed by atoms with van der Waals surface area (Å²) in [6.45, 7) is 1.74. The van der Waals surface area contributed by atoms with Crippen LogP contribution >= 0.6 is 0 Å². The summed E-state index contributed by atoms with van der Waals surface area (Å²) in [6, 6.07) is 6.83. The Bertz CT molecular complexity index is 756. The van der Waals surface area contributed by atoms with E-state index >= 15 is 0 Å². The van der Waals surface area contributed by atoms with E-state index in [1.807, 2.05) is 0 Å². The minimum atomic E-state index is -3.85. The van der Waals surface area contributed by atoms with Gasteiger partial charge in [0.1, 0.15) is 0 Å². The summed E-state index contributed by atoms with van der Waals surface area (Å²) in [5.74, 6) is -1.18. The maximum absolute atomic E-state index is 12.2. The van der Waals surface area contributed by atoms with Gasteiger partial charge in [0, 0.05) is 6.20 Å². The molecule has 20 heavy (non-hydrogen) atoms. The largest absolute Gasteiger partial charge is 0.478 e. The number of carboxylic acids is 1. The van der Waals surface area contributed by atoms with Crippen LogP contribution in [0.1, 0.15) is 15.9 Å². The van der Waals surface area contributed by atoms with Crippen molar-refractivity contribution in [1.82, 2.24) is 4.98 Å². The number of rotatable bonds is 4. The van der Waals surface area contributed by atoms with E-state index in [2.05, 4.69) is 9.71 Å². The number of sulfonamides is 1. The summed E-state index contributed by atoms with van der Waals surface area (Å²) in [5.41, 5.74) is 0.988. The van der Waals surface area contributed by atoms with E-state index in [9.17, 15) is 13.2 Å². The fourth-order valence-electron chi connectivity index (χ4n) is 1.57. The predicted octanol–water partition coefficient (Wildman–Crippen LogP) is 1.89. The number of benzene rings is 1. The minimum Gasteiger partial charge on any atom is -0.478 e. The Labute approximate surface area is 116 Å². The second-order valence-electron chi connectivity index (χ2n) is 4.13. The molecule has 0 fully saturated rings. The molecule has 2 N–H and O–H groups in total. The van der Waals surface area contributed by atoms with E-state index in [-0.39, 0.29) is 10.5 Å². The van der Waals surface area contributed by atoms with Crippen molar-refractivity contribution < 1.29 is 18.3 Å². The zero-order valence-electron chi connectivity index (χ0n) is 10.6. The van der Waals surface area contributed by atoms with Gasteiger partial charge in [-0.2, -0.15) is 0 Å². The molecule has 104 valence electrons. The smallest absolute Gasteiger partial charge is 0.335 e. The van der Waals surface area contributed by atoms with E-state index < -0.39 is 16.0 Å². The molecule has 0 aliphatic carbocycles. The Morgan fingerprint density at radius 2 is 2.05 bits per heavy atom. The molecule has 2 rings (SSSR count). The molecule has 1 aromatic heterocycles. The number of hydrogen-bond donors (Lipinski definition) is 2. The summed E-state index contributed by atoms with van der Waals surface area (Å²) in [7, 11) is -3.85. The van der Waals surface area contributed by atoms with Crippen LogP contribution in [0, 0.1) is 6.92 Å². The number of carboxylic acid groups (broad SMARTS) is 1. The third kappa shape index (κ3) is 2.94. The SMILES string of the molecule is Cc1ccncc1NS(=O)(=O)c1cccc(C(=O)O)c1. The van der Waals surface area contributed by atoms with Gasteiger partial charge in [-0.05, 0) is 36.8 Å². The zero-order chi connectivity index (χ0) is 14.8. The van der Waals surface area contributed by atoms with E-state index in [0.29, 0.717) is 5.69 Å². The molecule has 0 spiro atoms. The van der Waals surface area contributed by atoms with E-state index in [4.69, 9.17) is 5.11 Å². The van der Waals surface area contributed by atoms with Crippen LogP contribution in [0.5, 0.6) is 0 Å². The lowest BCUT2D eigenvalue weighted by Crippen LogP contribution is -2.14. The van der Waals surface area contributed by atoms with Crippen molar-refractivity contribution >= 4 is 21.7 Å². The molecular weight excluding hydrogens is 280 g/mol. The molecule has 1 heterocycles. The van der Waals surface area contributed by atoms with Crippen molar-refractivity contribution in [3.8, 4) is 0 Å². The van der Waals surface area contributed by atoms with Crippen LogP contribution in [-0.2, 0) is 10.0 Å². The van der Waals surface area contributed by atoms with Gasteiger partial charge in [-0.3, -0.25) is 9.71 Å². The molecule has 0 radical (unpaired) electrons. The molecule has 0 atom stereocenters.